The molecule has 0 bridgehead atoms. The van der Waals surface area contributed by atoms with Gasteiger partial charge in [0.2, 0.25) is 0 Å². The van der Waals surface area contributed by atoms with Gasteiger partial charge < -0.3 is 10.1 Å². The molecule has 2 nitrogen and oxygen atoms in total. The van der Waals surface area contributed by atoms with Crippen molar-refractivity contribution < 1.29 is 4.74 Å². The summed E-state index contributed by atoms with van der Waals surface area (Å²) in [7, 11) is 1.77. The van der Waals surface area contributed by atoms with E-state index >= 15 is 0 Å². The van der Waals surface area contributed by atoms with E-state index in [4.69, 9.17) is 4.74 Å². The minimum absolute atomic E-state index is 0.615. The highest BCUT2D eigenvalue weighted by atomic mass is 32.2. The molecule has 1 rings (SSSR count). The van der Waals surface area contributed by atoms with Crippen molar-refractivity contribution in [3.8, 4) is 0 Å². The monoisotopic (exact) mass is 245 g/mol. The predicted octanol–water partition coefficient (Wildman–Crippen LogP) is 2.93. The summed E-state index contributed by atoms with van der Waals surface area (Å²) in [5.74, 6) is 1.32. The third-order valence-corrected chi connectivity index (χ3v) is 4.40. The molecule has 1 aliphatic rings. The van der Waals surface area contributed by atoms with E-state index in [1.54, 1.807) is 7.11 Å². The van der Waals surface area contributed by atoms with Gasteiger partial charge in [-0.1, -0.05) is 12.8 Å². The summed E-state index contributed by atoms with van der Waals surface area (Å²) in [6.07, 6.45) is 10.7. The second kappa shape index (κ2) is 8.37. The van der Waals surface area contributed by atoms with Crippen LogP contribution >= 0.6 is 11.8 Å². The van der Waals surface area contributed by atoms with Crippen LogP contribution in [0.5, 0.6) is 0 Å². The van der Waals surface area contributed by atoms with Crippen molar-refractivity contribution in [3.63, 3.8) is 0 Å². The van der Waals surface area contributed by atoms with Gasteiger partial charge in [-0.05, 0) is 43.1 Å². The molecule has 0 saturated heterocycles. The van der Waals surface area contributed by atoms with E-state index in [0.717, 1.165) is 13.2 Å². The van der Waals surface area contributed by atoms with Crippen LogP contribution in [0.25, 0.3) is 0 Å². The Morgan fingerprint density at radius 2 is 2.06 bits per heavy atom. The molecule has 1 aliphatic carbocycles. The highest BCUT2D eigenvalue weighted by Gasteiger charge is 2.32. The Morgan fingerprint density at radius 3 is 2.69 bits per heavy atom. The Bertz CT molecular complexity index is 169. The average molecular weight is 245 g/mol. The second-order valence-electron chi connectivity index (χ2n) is 4.97. The van der Waals surface area contributed by atoms with Crippen molar-refractivity contribution in [2.24, 2.45) is 5.41 Å². The second-order valence-corrected chi connectivity index (χ2v) is 5.96. The van der Waals surface area contributed by atoms with Gasteiger partial charge in [0, 0.05) is 20.2 Å². The minimum atomic E-state index is 0.615. The number of nitrogens with one attached hydrogen (secondary N) is 1. The first-order valence-electron chi connectivity index (χ1n) is 6.52. The number of rotatable bonds is 9. The standard InChI is InChI=1S/C13H27NOS/c1-15-10-9-14-12-13(6-3-4-7-13)8-5-11-16-2/h14H,3-12H2,1-2H3. The number of methoxy groups -OCH3 is 1. The van der Waals surface area contributed by atoms with E-state index in [-0.39, 0.29) is 0 Å². The molecule has 0 unspecified atom stereocenters. The number of hydrogen-bond acceptors (Lipinski definition) is 3. The van der Waals surface area contributed by atoms with Gasteiger partial charge in [0.1, 0.15) is 0 Å². The van der Waals surface area contributed by atoms with Crippen molar-refractivity contribution in [2.75, 3.05) is 38.8 Å². The third kappa shape index (κ3) is 5.07. The maximum absolute atomic E-state index is 5.07. The van der Waals surface area contributed by atoms with Crippen LogP contribution in [0.2, 0.25) is 0 Å². The molecule has 0 aromatic carbocycles. The topological polar surface area (TPSA) is 21.3 Å². The van der Waals surface area contributed by atoms with Crippen LogP contribution in [0.4, 0.5) is 0 Å². The molecule has 0 atom stereocenters. The fourth-order valence-corrected chi connectivity index (χ4v) is 3.19. The molecule has 0 aromatic rings. The fourth-order valence-electron chi connectivity index (χ4n) is 2.76. The van der Waals surface area contributed by atoms with E-state index in [0.29, 0.717) is 5.41 Å². The van der Waals surface area contributed by atoms with Crippen LogP contribution in [0.3, 0.4) is 0 Å². The van der Waals surface area contributed by atoms with Gasteiger partial charge in [-0.3, -0.25) is 0 Å². The Hall–Kier alpha value is 0.270. The van der Waals surface area contributed by atoms with Crippen LogP contribution in [-0.4, -0.2) is 38.8 Å². The van der Waals surface area contributed by atoms with E-state index in [1.165, 1.54) is 50.8 Å². The Morgan fingerprint density at radius 1 is 1.31 bits per heavy atom. The summed E-state index contributed by atoms with van der Waals surface area (Å²) in [5, 5.41) is 3.56. The van der Waals surface area contributed by atoms with Gasteiger partial charge in [0.25, 0.3) is 0 Å². The SMILES string of the molecule is COCCNCC1(CCCSC)CCCC1. The Kier molecular flexibility index (Phi) is 7.50. The maximum Gasteiger partial charge on any atom is 0.0587 e. The lowest BCUT2D eigenvalue weighted by molar-refractivity contribution is 0.187. The van der Waals surface area contributed by atoms with Crippen molar-refractivity contribution in [3.05, 3.63) is 0 Å². The molecular weight excluding hydrogens is 218 g/mol. The largest absolute Gasteiger partial charge is 0.383 e. The first-order chi connectivity index (χ1) is 7.83. The molecule has 0 aliphatic heterocycles. The molecule has 16 heavy (non-hydrogen) atoms. The van der Waals surface area contributed by atoms with Crippen molar-refractivity contribution >= 4 is 11.8 Å². The quantitative estimate of drug-likeness (QED) is 0.631. The summed E-state index contributed by atoms with van der Waals surface area (Å²) >= 11 is 1.98. The van der Waals surface area contributed by atoms with Gasteiger partial charge in [-0.2, -0.15) is 11.8 Å². The zero-order valence-corrected chi connectivity index (χ0v) is 11.7. The molecule has 1 saturated carbocycles. The van der Waals surface area contributed by atoms with Crippen LogP contribution in [0.1, 0.15) is 38.5 Å². The summed E-state index contributed by atoms with van der Waals surface area (Å²) < 4.78 is 5.07. The molecule has 0 heterocycles. The normalized spacial score (nSPS) is 19.1. The van der Waals surface area contributed by atoms with Crippen LogP contribution < -0.4 is 5.32 Å². The Balaban J connectivity index is 2.22. The van der Waals surface area contributed by atoms with Crippen molar-refractivity contribution in [1.29, 1.82) is 0 Å². The number of ether oxygens (including phenoxy) is 1. The van der Waals surface area contributed by atoms with Crippen LogP contribution in [0, 0.1) is 5.41 Å². The highest BCUT2D eigenvalue weighted by molar-refractivity contribution is 7.98. The van der Waals surface area contributed by atoms with Crippen LogP contribution in [0.15, 0.2) is 0 Å². The third-order valence-electron chi connectivity index (χ3n) is 3.70. The lowest BCUT2D eigenvalue weighted by Gasteiger charge is -2.29. The highest BCUT2D eigenvalue weighted by Crippen LogP contribution is 2.41. The fraction of sp³-hybridized carbons (Fsp3) is 1.00. The summed E-state index contributed by atoms with van der Waals surface area (Å²) in [6.45, 7) is 3.03. The smallest absolute Gasteiger partial charge is 0.0587 e. The zero-order valence-electron chi connectivity index (χ0n) is 10.9. The molecule has 1 fully saturated rings. The lowest BCUT2D eigenvalue weighted by Crippen LogP contribution is -2.34. The van der Waals surface area contributed by atoms with E-state index < -0.39 is 0 Å². The van der Waals surface area contributed by atoms with Crippen molar-refractivity contribution in [1.82, 2.24) is 5.32 Å². The van der Waals surface area contributed by atoms with Gasteiger partial charge in [0.05, 0.1) is 6.61 Å². The summed E-state index contributed by atoms with van der Waals surface area (Å²) in [6, 6.07) is 0. The van der Waals surface area contributed by atoms with Crippen molar-refractivity contribution in [2.45, 2.75) is 38.5 Å². The van der Waals surface area contributed by atoms with Gasteiger partial charge in [-0.15, -0.1) is 0 Å². The van der Waals surface area contributed by atoms with E-state index in [2.05, 4.69) is 11.6 Å². The van der Waals surface area contributed by atoms with Gasteiger partial charge in [0.15, 0.2) is 0 Å². The van der Waals surface area contributed by atoms with Crippen LogP contribution in [-0.2, 0) is 4.74 Å². The number of hydrogen-bond donors (Lipinski definition) is 1. The maximum atomic E-state index is 5.07. The van der Waals surface area contributed by atoms with E-state index in [9.17, 15) is 0 Å². The molecule has 1 N–H and O–H groups in total. The molecular formula is C13H27NOS. The first kappa shape index (κ1) is 14.3. The lowest BCUT2D eigenvalue weighted by atomic mass is 9.81. The molecule has 3 heteroatoms. The summed E-state index contributed by atoms with van der Waals surface area (Å²) in [4.78, 5) is 0. The first-order valence-corrected chi connectivity index (χ1v) is 7.91. The molecule has 0 aromatic heterocycles. The zero-order chi connectivity index (χ0) is 11.7. The average Bonchev–Trinajstić information content (AvgIpc) is 2.74. The molecule has 96 valence electrons. The predicted molar refractivity (Wildman–Crippen MR) is 73.3 cm³/mol. The minimum Gasteiger partial charge on any atom is -0.383 e. The van der Waals surface area contributed by atoms with Gasteiger partial charge in [-0.25, -0.2) is 0 Å². The Labute approximate surface area is 105 Å². The summed E-state index contributed by atoms with van der Waals surface area (Å²) in [5.41, 5.74) is 0.615. The molecule has 0 spiro atoms. The number of thioether (sulfide) groups is 1. The molecule has 0 radical (unpaired) electrons. The van der Waals surface area contributed by atoms with Gasteiger partial charge >= 0.3 is 0 Å². The molecule has 0 amide bonds. The van der Waals surface area contributed by atoms with E-state index in [1.807, 2.05) is 11.8 Å².